The van der Waals surface area contributed by atoms with Crippen LogP contribution in [0.2, 0.25) is 0 Å². The van der Waals surface area contributed by atoms with E-state index in [1.165, 1.54) is 0 Å². The third-order valence-corrected chi connectivity index (χ3v) is 2.98. The highest BCUT2D eigenvalue weighted by molar-refractivity contribution is 5.69. The smallest absolute Gasteiger partial charge is 0.317 e. The second kappa shape index (κ2) is 6.18. The first-order valence-electron chi connectivity index (χ1n) is 5.73. The van der Waals surface area contributed by atoms with Gasteiger partial charge in [-0.25, -0.2) is 0 Å². The molecule has 94 valence electrons. The largest absolute Gasteiger partial charge is 0.480 e. The highest BCUT2D eigenvalue weighted by Crippen LogP contribution is 2.19. The minimum atomic E-state index is -0.766. The summed E-state index contributed by atoms with van der Waals surface area (Å²) in [5.41, 5.74) is 0. The SMILES string of the molecule is CC1OCCC1N(CCN(C)C)CC(=O)O. The Morgan fingerprint density at radius 1 is 1.44 bits per heavy atom. The molecule has 1 N–H and O–H groups in total. The van der Waals surface area contributed by atoms with Crippen LogP contribution in [0.3, 0.4) is 0 Å². The van der Waals surface area contributed by atoms with Gasteiger partial charge in [-0.1, -0.05) is 0 Å². The summed E-state index contributed by atoms with van der Waals surface area (Å²) in [6.07, 6.45) is 1.07. The van der Waals surface area contributed by atoms with Crippen LogP contribution >= 0.6 is 0 Å². The fourth-order valence-electron chi connectivity index (χ4n) is 2.06. The van der Waals surface area contributed by atoms with Gasteiger partial charge >= 0.3 is 5.97 Å². The van der Waals surface area contributed by atoms with Gasteiger partial charge in [0, 0.05) is 25.7 Å². The highest BCUT2D eigenvalue weighted by Gasteiger charge is 2.30. The fraction of sp³-hybridized carbons (Fsp3) is 0.909. The third kappa shape index (κ3) is 4.08. The Kier molecular flexibility index (Phi) is 5.18. The third-order valence-electron chi connectivity index (χ3n) is 2.98. The summed E-state index contributed by atoms with van der Waals surface area (Å²) >= 11 is 0. The van der Waals surface area contributed by atoms with E-state index in [2.05, 4.69) is 4.90 Å². The van der Waals surface area contributed by atoms with Crippen LogP contribution in [-0.4, -0.2) is 73.4 Å². The molecule has 1 rings (SSSR count). The van der Waals surface area contributed by atoms with E-state index in [0.717, 1.165) is 26.1 Å². The van der Waals surface area contributed by atoms with Gasteiger partial charge in [0.25, 0.3) is 0 Å². The van der Waals surface area contributed by atoms with Crippen molar-refractivity contribution in [2.75, 3.05) is 40.3 Å². The second-order valence-corrected chi connectivity index (χ2v) is 4.60. The molecule has 0 saturated carbocycles. The predicted octanol–water partition coefficient (Wildman–Crippen LogP) is 0.112. The standard InChI is InChI=1S/C11H22N2O3/c1-9-10(4-7-16-9)13(8-11(14)15)6-5-12(2)3/h9-10H,4-8H2,1-3H3,(H,14,15). The number of hydrogen-bond acceptors (Lipinski definition) is 4. The van der Waals surface area contributed by atoms with Gasteiger partial charge in [-0.05, 0) is 27.4 Å². The number of likely N-dealkylation sites (N-methyl/N-ethyl adjacent to an activating group) is 1. The van der Waals surface area contributed by atoms with Crippen LogP contribution in [0.4, 0.5) is 0 Å². The minimum Gasteiger partial charge on any atom is -0.480 e. The van der Waals surface area contributed by atoms with Gasteiger partial charge in [-0.15, -0.1) is 0 Å². The minimum absolute atomic E-state index is 0.103. The number of carbonyl (C=O) groups is 1. The van der Waals surface area contributed by atoms with Gasteiger partial charge in [0.2, 0.25) is 0 Å². The van der Waals surface area contributed by atoms with Gasteiger partial charge in [-0.2, -0.15) is 0 Å². The number of nitrogens with zero attached hydrogens (tertiary/aromatic N) is 2. The van der Waals surface area contributed by atoms with E-state index < -0.39 is 5.97 Å². The summed E-state index contributed by atoms with van der Waals surface area (Å²) in [5.74, 6) is -0.766. The van der Waals surface area contributed by atoms with E-state index in [1.54, 1.807) is 0 Å². The molecule has 0 spiro atoms. The summed E-state index contributed by atoms with van der Waals surface area (Å²) in [4.78, 5) is 14.9. The molecule has 0 amide bonds. The Hall–Kier alpha value is -0.650. The van der Waals surface area contributed by atoms with E-state index in [0.29, 0.717) is 0 Å². The van der Waals surface area contributed by atoms with E-state index >= 15 is 0 Å². The molecular weight excluding hydrogens is 208 g/mol. The van der Waals surface area contributed by atoms with Crippen LogP contribution < -0.4 is 0 Å². The molecule has 1 fully saturated rings. The Bertz CT molecular complexity index is 233. The molecule has 0 bridgehead atoms. The van der Waals surface area contributed by atoms with E-state index in [9.17, 15) is 4.79 Å². The number of ether oxygens (including phenoxy) is 1. The number of rotatable bonds is 6. The van der Waals surface area contributed by atoms with E-state index in [4.69, 9.17) is 9.84 Å². The Morgan fingerprint density at radius 2 is 2.12 bits per heavy atom. The van der Waals surface area contributed by atoms with E-state index in [-0.39, 0.29) is 18.7 Å². The summed E-state index contributed by atoms with van der Waals surface area (Å²) < 4.78 is 5.49. The lowest BCUT2D eigenvalue weighted by Crippen LogP contribution is -2.45. The van der Waals surface area contributed by atoms with Crippen LogP contribution in [0.5, 0.6) is 0 Å². The Balaban J connectivity index is 2.51. The maximum absolute atomic E-state index is 10.8. The fourth-order valence-corrected chi connectivity index (χ4v) is 2.06. The van der Waals surface area contributed by atoms with Crippen molar-refractivity contribution in [2.45, 2.75) is 25.5 Å². The van der Waals surface area contributed by atoms with Crippen LogP contribution in [-0.2, 0) is 9.53 Å². The first kappa shape index (κ1) is 13.4. The zero-order chi connectivity index (χ0) is 12.1. The zero-order valence-electron chi connectivity index (χ0n) is 10.3. The van der Waals surface area contributed by atoms with Crippen LogP contribution in [0.1, 0.15) is 13.3 Å². The predicted molar refractivity (Wildman–Crippen MR) is 61.6 cm³/mol. The molecule has 0 aliphatic carbocycles. The molecule has 16 heavy (non-hydrogen) atoms. The van der Waals surface area contributed by atoms with Crippen molar-refractivity contribution in [2.24, 2.45) is 0 Å². The van der Waals surface area contributed by atoms with Crippen molar-refractivity contribution in [1.82, 2.24) is 9.80 Å². The average Bonchev–Trinajstić information content (AvgIpc) is 2.58. The van der Waals surface area contributed by atoms with Crippen molar-refractivity contribution in [3.05, 3.63) is 0 Å². The molecular formula is C11H22N2O3. The van der Waals surface area contributed by atoms with Crippen LogP contribution in [0, 0.1) is 0 Å². The lowest BCUT2D eigenvalue weighted by molar-refractivity contribution is -0.139. The lowest BCUT2D eigenvalue weighted by Gasteiger charge is -2.30. The summed E-state index contributed by atoms with van der Waals surface area (Å²) in [6, 6.07) is 0.246. The average molecular weight is 230 g/mol. The molecule has 0 aromatic carbocycles. The van der Waals surface area contributed by atoms with Crippen LogP contribution in [0.25, 0.3) is 0 Å². The number of aliphatic carboxylic acids is 1. The molecule has 1 heterocycles. The summed E-state index contributed by atoms with van der Waals surface area (Å²) in [6.45, 7) is 4.51. The van der Waals surface area contributed by atoms with Gasteiger partial charge in [0.05, 0.1) is 12.6 Å². The van der Waals surface area contributed by atoms with Crippen molar-refractivity contribution in [3.8, 4) is 0 Å². The second-order valence-electron chi connectivity index (χ2n) is 4.60. The molecule has 5 nitrogen and oxygen atoms in total. The quantitative estimate of drug-likeness (QED) is 0.702. The monoisotopic (exact) mass is 230 g/mol. The number of hydrogen-bond donors (Lipinski definition) is 1. The van der Waals surface area contributed by atoms with Crippen LogP contribution in [0.15, 0.2) is 0 Å². The number of carboxylic acids is 1. The topological polar surface area (TPSA) is 53.0 Å². The van der Waals surface area contributed by atoms with Gasteiger partial charge in [0.15, 0.2) is 0 Å². The highest BCUT2D eigenvalue weighted by atomic mass is 16.5. The molecule has 1 aliphatic heterocycles. The summed E-state index contributed by atoms with van der Waals surface area (Å²) in [7, 11) is 3.99. The van der Waals surface area contributed by atoms with Gasteiger partial charge in [0.1, 0.15) is 0 Å². The van der Waals surface area contributed by atoms with E-state index in [1.807, 2.05) is 25.9 Å². The Morgan fingerprint density at radius 3 is 2.56 bits per heavy atom. The van der Waals surface area contributed by atoms with Crippen molar-refractivity contribution in [1.29, 1.82) is 0 Å². The molecule has 2 atom stereocenters. The molecule has 1 aliphatic rings. The first-order chi connectivity index (χ1) is 7.50. The lowest BCUT2D eigenvalue weighted by atomic mass is 10.1. The zero-order valence-corrected chi connectivity index (χ0v) is 10.3. The number of carboxylic acid groups (broad SMARTS) is 1. The molecule has 0 radical (unpaired) electrons. The maximum atomic E-state index is 10.8. The van der Waals surface area contributed by atoms with Crippen molar-refractivity contribution in [3.63, 3.8) is 0 Å². The first-order valence-corrected chi connectivity index (χ1v) is 5.73. The van der Waals surface area contributed by atoms with Crippen molar-refractivity contribution < 1.29 is 14.6 Å². The maximum Gasteiger partial charge on any atom is 0.317 e. The van der Waals surface area contributed by atoms with Gasteiger partial charge < -0.3 is 14.7 Å². The molecule has 2 unspecified atom stereocenters. The van der Waals surface area contributed by atoms with Gasteiger partial charge in [-0.3, -0.25) is 9.69 Å². The molecule has 0 aromatic heterocycles. The summed E-state index contributed by atoms with van der Waals surface area (Å²) in [5, 5.41) is 8.90. The molecule has 0 aromatic rings. The Labute approximate surface area is 97.0 Å². The molecule has 5 heteroatoms. The van der Waals surface area contributed by atoms with Crippen molar-refractivity contribution >= 4 is 5.97 Å². The molecule has 1 saturated heterocycles. The normalized spacial score (nSPS) is 25.6.